The number of carboxylic acids is 1. The van der Waals surface area contributed by atoms with Gasteiger partial charge in [-0.15, -0.1) is 0 Å². The standard InChI is InChI=1S/C13H22N2O5/c1-8-13(4,5-6-20-8)15-11(19)14-9(16)7-12(2,3)10(17)18/h8H,5-7H2,1-4H3,(H,17,18)(H2,14,15,16,19). The lowest BCUT2D eigenvalue weighted by Crippen LogP contribution is -2.55. The number of ether oxygens (including phenoxy) is 1. The zero-order chi connectivity index (χ0) is 15.6. The summed E-state index contributed by atoms with van der Waals surface area (Å²) in [6.07, 6.45) is 0.258. The molecule has 1 aliphatic rings. The second-order valence-electron chi connectivity index (χ2n) is 6.05. The van der Waals surface area contributed by atoms with Crippen molar-refractivity contribution in [1.29, 1.82) is 0 Å². The average Bonchev–Trinajstić information content (AvgIpc) is 2.56. The molecule has 1 rings (SSSR count). The van der Waals surface area contributed by atoms with Gasteiger partial charge in [0.15, 0.2) is 0 Å². The molecule has 0 bridgehead atoms. The second-order valence-corrected chi connectivity index (χ2v) is 6.05. The maximum atomic E-state index is 11.8. The Morgan fingerprint density at radius 1 is 1.40 bits per heavy atom. The third kappa shape index (κ3) is 3.93. The summed E-state index contributed by atoms with van der Waals surface area (Å²) in [5, 5.41) is 13.8. The van der Waals surface area contributed by atoms with Gasteiger partial charge in [0.05, 0.1) is 17.1 Å². The lowest BCUT2D eigenvalue weighted by Gasteiger charge is -2.28. The van der Waals surface area contributed by atoms with Gasteiger partial charge in [0, 0.05) is 13.0 Å². The molecule has 0 aromatic heterocycles. The van der Waals surface area contributed by atoms with Crippen LogP contribution in [0.2, 0.25) is 0 Å². The highest BCUT2D eigenvalue weighted by Gasteiger charge is 2.39. The number of imide groups is 1. The molecule has 0 aromatic carbocycles. The van der Waals surface area contributed by atoms with Crippen LogP contribution in [0.5, 0.6) is 0 Å². The Morgan fingerprint density at radius 3 is 2.45 bits per heavy atom. The number of urea groups is 1. The molecule has 7 nitrogen and oxygen atoms in total. The minimum absolute atomic E-state index is 0.140. The number of carbonyl (C=O) groups excluding carboxylic acids is 2. The molecule has 0 aliphatic carbocycles. The van der Waals surface area contributed by atoms with Gasteiger partial charge in [-0.25, -0.2) is 4.79 Å². The van der Waals surface area contributed by atoms with Crippen LogP contribution < -0.4 is 10.6 Å². The van der Waals surface area contributed by atoms with Crippen LogP contribution in [0.4, 0.5) is 4.79 Å². The van der Waals surface area contributed by atoms with Crippen molar-refractivity contribution in [3.8, 4) is 0 Å². The minimum atomic E-state index is -1.21. The number of rotatable bonds is 4. The highest BCUT2D eigenvalue weighted by atomic mass is 16.5. The van der Waals surface area contributed by atoms with E-state index >= 15 is 0 Å². The highest BCUT2D eigenvalue weighted by Crippen LogP contribution is 2.25. The van der Waals surface area contributed by atoms with Gasteiger partial charge in [-0.3, -0.25) is 14.9 Å². The van der Waals surface area contributed by atoms with Gasteiger partial charge < -0.3 is 15.2 Å². The molecular weight excluding hydrogens is 264 g/mol. The summed E-state index contributed by atoms with van der Waals surface area (Å²) in [4.78, 5) is 34.4. The largest absolute Gasteiger partial charge is 0.481 e. The zero-order valence-corrected chi connectivity index (χ0v) is 12.3. The van der Waals surface area contributed by atoms with Crippen molar-refractivity contribution >= 4 is 17.9 Å². The van der Waals surface area contributed by atoms with Crippen LogP contribution in [0.1, 0.15) is 40.5 Å². The Hall–Kier alpha value is -1.63. The first kappa shape index (κ1) is 16.4. The number of carboxylic acid groups (broad SMARTS) is 1. The topological polar surface area (TPSA) is 105 Å². The van der Waals surface area contributed by atoms with E-state index in [-0.39, 0.29) is 12.5 Å². The minimum Gasteiger partial charge on any atom is -0.481 e. The summed E-state index contributed by atoms with van der Waals surface area (Å²) in [6.45, 7) is 7.11. The predicted octanol–water partition coefficient (Wildman–Crippen LogP) is 0.881. The summed E-state index contributed by atoms with van der Waals surface area (Å²) in [5.41, 5.74) is -1.73. The van der Waals surface area contributed by atoms with Gasteiger partial charge in [0.25, 0.3) is 0 Å². The van der Waals surface area contributed by atoms with Crippen molar-refractivity contribution < 1.29 is 24.2 Å². The molecule has 1 saturated heterocycles. The summed E-state index contributed by atoms with van der Waals surface area (Å²) in [6, 6.07) is -0.629. The molecule has 114 valence electrons. The van der Waals surface area contributed by atoms with Crippen LogP contribution in [-0.2, 0) is 14.3 Å². The Kier molecular flexibility index (Phi) is 4.75. The molecule has 3 N–H and O–H groups in total. The maximum Gasteiger partial charge on any atom is 0.321 e. The number of aliphatic carboxylic acids is 1. The van der Waals surface area contributed by atoms with Crippen LogP contribution in [0.15, 0.2) is 0 Å². The summed E-state index contributed by atoms with van der Waals surface area (Å²) >= 11 is 0. The van der Waals surface area contributed by atoms with E-state index in [1.165, 1.54) is 13.8 Å². The van der Waals surface area contributed by atoms with E-state index in [1.807, 2.05) is 13.8 Å². The van der Waals surface area contributed by atoms with Gasteiger partial charge in [0.2, 0.25) is 5.91 Å². The van der Waals surface area contributed by atoms with E-state index in [0.717, 1.165) is 0 Å². The molecule has 2 atom stereocenters. The van der Waals surface area contributed by atoms with Crippen LogP contribution >= 0.6 is 0 Å². The maximum absolute atomic E-state index is 11.8. The van der Waals surface area contributed by atoms with Crippen molar-refractivity contribution in [3.63, 3.8) is 0 Å². The Balaban J connectivity index is 2.51. The molecule has 1 fully saturated rings. The molecular formula is C13H22N2O5. The second kappa shape index (κ2) is 5.78. The Bertz CT molecular complexity index is 421. The molecule has 0 spiro atoms. The number of carbonyl (C=O) groups is 3. The number of nitrogens with one attached hydrogen (secondary N) is 2. The lowest BCUT2D eigenvalue weighted by molar-refractivity contribution is -0.149. The van der Waals surface area contributed by atoms with Gasteiger partial charge in [-0.2, -0.15) is 0 Å². The fourth-order valence-corrected chi connectivity index (χ4v) is 1.94. The summed E-state index contributed by atoms with van der Waals surface area (Å²) in [5.74, 6) is -1.71. The number of hydrogen-bond donors (Lipinski definition) is 3. The summed E-state index contributed by atoms with van der Waals surface area (Å²) < 4.78 is 5.38. The fraction of sp³-hybridized carbons (Fsp3) is 0.769. The van der Waals surface area contributed by atoms with Gasteiger partial charge >= 0.3 is 12.0 Å². The van der Waals surface area contributed by atoms with E-state index < -0.39 is 28.9 Å². The van der Waals surface area contributed by atoms with Gasteiger partial charge in [-0.05, 0) is 34.1 Å². The third-order valence-corrected chi connectivity index (χ3v) is 3.72. The van der Waals surface area contributed by atoms with Crippen LogP contribution in [0.25, 0.3) is 0 Å². The van der Waals surface area contributed by atoms with Gasteiger partial charge in [-0.1, -0.05) is 0 Å². The molecule has 1 heterocycles. The van der Waals surface area contributed by atoms with Crippen molar-refractivity contribution in [2.24, 2.45) is 5.41 Å². The predicted molar refractivity (Wildman–Crippen MR) is 71.1 cm³/mol. The zero-order valence-electron chi connectivity index (χ0n) is 12.3. The molecule has 1 aliphatic heterocycles. The van der Waals surface area contributed by atoms with E-state index in [2.05, 4.69) is 10.6 Å². The quantitative estimate of drug-likeness (QED) is 0.711. The van der Waals surface area contributed by atoms with Crippen LogP contribution in [0, 0.1) is 5.41 Å². The normalized spacial score (nSPS) is 26.1. The molecule has 0 radical (unpaired) electrons. The van der Waals surface area contributed by atoms with Gasteiger partial charge in [0.1, 0.15) is 0 Å². The highest BCUT2D eigenvalue weighted by molar-refractivity contribution is 5.96. The molecule has 3 amide bonds. The monoisotopic (exact) mass is 286 g/mol. The van der Waals surface area contributed by atoms with Crippen molar-refractivity contribution in [2.45, 2.75) is 52.2 Å². The lowest BCUT2D eigenvalue weighted by atomic mass is 9.89. The first-order valence-electron chi connectivity index (χ1n) is 6.54. The van der Waals surface area contributed by atoms with E-state index in [9.17, 15) is 14.4 Å². The fourth-order valence-electron chi connectivity index (χ4n) is 1.94. The van der Waals surface area contributed by atoms with Crippen molar-refractivity contribution in [3.05, 3.63) is 0 Å². The Labute approximate surface area is 118 Å². The number of amides is 3. The number of hydrogen-bond acceptors (Lipinski definition) is 4. The van der Waals surface area contributed by atoms with E-state index in [4.69, 9.17) is 9.84 Å². The molecule has 7 heteroatoms. The first-order chi connectivity index (χ1) is 9.07. The van der Waals surface area contributed by atoms with Crippen molar-refractivity contribution in [1.82, 2.24) is 10.6 Å². The molecule has 0 aromatic rings. The smallest absolute Gasteiger partial charge is 0.321 e. The third-order valence-electron chi connectivity index (χ3n) is 3.72. The molecule has 20 heavy (non-hydrogen) atoms. The van der Waals surface area contributed by atoms with E-state index in [0.29, 0.717) is 13.0 Å². The van der Waals surface area contributed by atoms with Crippen molar-refractivity contribution in [2.75, 3.05) is 6.61 Å². The SMILES string of the molecule is CC1OCCC1(C)NC(=O)NC(=O)CC(C)(C)C(=O)O. The van der Waals surface area contributed by atoms with Crippen LogP contribution in [-0.4, -0.2) is 41.3 Å². The van der Waals surface area contributed by atoms with E-state index in [1.54, 1.807) is 0 Å². The molecule has 2 unspecified atom stereocenters. The summed E-state index contributed by atoms with van der Waals surface area (Å²) in [7, 11) is 0. The average molecular weight is 286 g/mol. The van der Waals surface area contributed by atoms with Crippen LogP contribution in [0.3, 0.4) is 0 Å². The Morgan fingerprint density at radius 2 is 2.00 bits per heavy atom. The first-order valence-corrected chi connectivity index (χ1v) is 6.54. The molecule has 0 saturated carbocycles.